The second-order valence-electron chi connectivity index (χ2n) is 4.78. The van der Waals surface area contributed by atoms with E-state index in [1.807, 2.05) is 24.4 Å². The van der Waals surface area contributed by atoms with Crippen LogP contribution >= 0.6 is 12.4 Å². The van der Waals surface area contributed by atoms with Crippen LogP contribution in [0.5, 0.6) is 0 Å². The van der Waals surface area contributed by atoms with Crippen LogP contribution in [0.1, 0.15) is 25.1 Å². The van der Waals surface area contributed by atoms with E-state index >= 15 is 0 Å². The Labute approximate surface area is 114 Å². The maximum Gasteiger partial charge on any atom is 0.200 e. The van der Waals surface area contributed by atoms with Gasteiger partial charge >= 0.3 is 0 Å². The number of imidazole rings is 1. The van der Waals surface area contributed by atoms with Crippen molar-refractivity contribution < 1.29 is 0 Å². The number of hydrogen-bond acceptors (Lipinski definition) is 2. The predicted octanol–water partition coefficient (Wildman–Crippen LogP) is 3.13. The number of hydrogen-bond donors (Lipinski definition) is 1. The van der Waals surface area contributed by atoms with Gasteiger partial charge in [-0.3, -0.25) is 0 Å². The third-order valence-electron chi connectivity index (χ3n) is 2.77. The van der Waals surface area contributed by atoms with Gasteiger partial charge in [0.05, 0.1) is 12.7 Å². The van der Waals surface area contributed by atoms with Crippen molar-refractivity contribution in [3.05, 3.63) is 47.8 Å². The highest BCUT2D eigenvalue weighted by Crippen LogP contribution is 2.14. The Morgan fingerprint density at radius 2 is 1.89 bits per heavy atom. The lowest BCUT2D eigenvalue weighted by atomic mass is 10.1. The summed E-state index contributed by atoms with van der Waals surface area (Å²) in [5.74, 6) is 1.21. The van der Waals surface area contributed by atoms with Crippen molar-refractivity contribution in [2.75, 3.05) is 5.73 Å². The molecule has 0 aliphatic heterocycles. The molecule has 0 aliphatic rings. The van der Waals surface area contributed by atoms with Gasteiger partial charge in [0.1, 0.15) is 0 Å². The molecule has 0 fully saturated rings. The fourth-order valence-corrected chi connectivity index (χ4v) is 1.96. The Hall–Kier alpha value is -1.48. The zero-order chi connectivity index (χ0) is 12.3. The second-order valence-corrected chi connectivity index (χ2v) is 4.78. The van der Waals surface area contributed by atoms with Crippen molar-refractivity contribution in [1.82, 2.24) is 9.55 Å². The molecule has 0 bridgehead atoms. The molecule has 98 valence electrons. The first-order chi connectivity index (χ1) is 8.16. The summed E-state index contributed by atoms with van der Waals surface area (Å²) >= 11 is 0. The first-order valence-electron chi connectivity index (χ1n) is 6.00. The molecule has 2 N–H and O–H groups in total. The minimum absolute atomic E-state index is 0. The molecular weight excluding hydrogens is 246 g/mol. The number of benzene rings is 1. The Morgan fingerprint density at radius 3 is 2.50 bits per heavy atom. The highest BCUT2D eigenvalue weighted by atomic mass is 35.5. The summed E-state index contributed by atoms with van der Waals surface area (Å²) in [4.78, 5) is 4.21. The molecule has 2 aromatic rings. The van der Waals surface area contributed by atoms with Crippen LogP contribution in [0.4, 0.5) is 5.95 Å². The molecule has 0 amide bonds. The molecule has 1 heterocycles. The maximum atomic E-state index is 5.92. The summed E-state index contributed by atoms with van der Waals surface area (Å²) < 4.78 is 2.09. The van der Waals surface area contributed by atoms with Crippen LogP contribution in [0.2, 0.25) is 0 Å². The highest BCUT2D eigenvalue weighted by Gasteiger charge is 2.09. The summed E-state index contributed by atoms with van der Waals surface area (Å²) in [5.41, 5.74) is 8.38. The number of halogens is 1. The van der Waals surface area contributed by atoms with Crippen molar-refractivity contribution in [2.45, 2.75) is 26.8 Å². The second kappa shape index (κ2) is 6.45. The largest absolute Gasteiger partial charge is 0.369 e. The molecule has 0 spiro atoms. The molecule has 18 heavy (non-hydrogen) atoms. The standard InChI is InChI=1S/C14H19N3.ClH/c1-11(2)8-13-9-16-14(15)17(13)10-12-6-4-3-5-7-12;/h3-7,9,11H,8,10H2,1-2H3,(H2,15,16);1H. The van der Waals surface area contributed by atoms with Crippen LogP contribution < -0.4 is 5.73 Å². The van der Waals surface area contributed by atoms with Crippen LogP contribution in [0, 0.1) is 5.92 Å². The van der Waals surface area contributed by atoms with Crippen LogP contribution in [0.25, 0.3) is 0 Å². The third kappa shape index (κ3) is 3.50. The zero-order valence-electron chi connectivity index (χ0n) is 10.8. The van der Waals surface area contributed by atoms with Gasteiger partial charge in [-0.15, -0.1) is 12.4 Å². The van der Waals surface area contributed by atoms with Gasteiger partial charge in [0.25, 0.3) is 0 Å². The molecule has 1 aromatic carbocycles. The van der Waals surface area contributed by atoms with Crippen molar-refractivity contribution in [3.63, 3.8) is 0 Å². The van der Waals surface area contributed by atoms with Gasteiger partial charge in [-0.05, 0) is 17.9 Å². The SMILES string of the molecule is CC(C)Cc1cnc(N)n1Cc1ccccc1.Cl. The Bertz CT molecular complexity index is 477. The lowest BCUT2D eigenvalue weighted by Crippen LogP contribution is -2.09. The van der Waals surface area contributed by atoms with Gasteiger partial charge in [0.15, 0.2) is 0 Å². The normalized spacial score (nSPS) is 10.4. The minimum atomic E-state index is 0. The van der Waals surface area contributed by atoms with Gasteiger partial charge in [-0.1, -0.05) is 44.2 Å². The summed E-state index contributed by atoms with van der Waals surface area (Å²) in [5, 5.41) is 0. The lowest BCUT2D eigenvalue weighted by molar-refractivity contribution is 0.606. The van der Waals surface area contributed by atoms with Crippen molar-refractivity contribution in [1.29, 1.82) is 0 Å². The summed E-state index contributed by atoms with van der Waals surface area (Å²) in [6.07, 6.45) is 2.90. The predicted molar refractivity (Wildman–Crippen MR) is 78.0 cm³/mol. The molecule has 0 saturated carbocycles. The fraction of sp³-hybridized carbons (Fsp3) is 0.357. The van der Waals surface area contributed by atoms with E-state index in [0.717, 1.165) is 13.0 Å². The summed E-state index contributed by atoms with van der Waals surface area (Å²) in [7, 11) is 0. The van der Waals surface area contributed by atoms with Gasteiger partial charge in [0.2, 0.25) is 5.95 Å². The van der Waals surface area contributed by atoms with Crippen molar-refractivity contribution in [3.8, 4) is 0 Å². The van der Waals surface area contributed by atoms with E-state index in [0.29, 0.717) is 11.9 Å². The highest BCUT2D eigenvalue weighted by molar-refractivity contribution is 5.85. The number of nitrogens with two attached hydrogens (primary N) is 1. The molecule has 0 aliphatic carbocycles. The first-order valence-corrected chi connectivity index (χ1v) is 6.00. The van der Waals surface area contributed by atoms with E-state index in [-0.39, 0.29) is 12.4 Å². The van der Waals surface area contributed by atoms with E-state index in [4.69, 9.17) is 5.73 Å². The van der Waals surface area contributed by atoms with Crippen molar-refractivity contribution >= 4 is 18.4 Å². The topological polar surface area (TPSA) is 43.8 Å². The van der Waals surface area contributed by atoms with E-state index in [1.165, 1.54) is 11.3 Å². The average molecular weight is 266 g/mol. The van der Waals surface area contributed by atoms with E-state index < -0.39 is 0 Å². The van der Waals surface area contributed by atoms with Crippen molar-refractivity contribution in [2.24, 2.45) is 5.92 Å². The van der Waals surface area contributed by atoms with Gasteiger partial charge < -0.3 is 10.3 Å². The Morgan fingerprint density at radius 1 is 1.22 bits per heavy atom. The lowest BCUT2D eigenvalue weighted by Gasteiger charge is -2.11. The molecular formula is C14H20ClN3. The average Bonchev–Trinajstić information content (AvgIpc) is 2.62. The Kier molecular flexibility index (Phi) is 5.23. The van der Waals surface area contributed by atoms with Crippen LogP contribution in [-0.2, 0) is 13.0 Å². The zero-order valence-corrected chi connectivity index (χ0v) is 11.7. The van der Waals surface area contributed by atoms with Crippen LogP contribution in [0.15, 0.2) is 36.5 Å². The first kappa shape index (κ1) is 14.6. The van der Waals surface area contributed by atoms with Crippen LogP contribution in [-0.4, -0.2) is 9.55 Å². The molecule has 0 unspecified atom stereocenters. The summed E-state index contributed by atoms with van der Waals surface area (Å²) in [6.45, 7) is 5.21. The smallest absolute Gasteiger partial charge is 0.200 e. The van der Waals surface area contributed by atoms with Gasteiger partial charge in [-0.2, -0.15) is 0 Å². The number of aromatic nitrogens is 2. The minimum Gasteiger partial charge on any atom is -0.369 e. The molecule has 2 rings (SSSR count). The number of nitrogen functional groups attached to an aromatic ring is 1. The number of rotatable bonds is 4. The van der Waals surface area contributed by atoms with Gasteiger partial charge in [0, 0.05) is 5.69 Å². The Balaban J connectivity index is 0.00000162. The van der Waals surface area contributed by atoms with E-state index in [2.05, 4.69) is 35.5 Å². The molecule has 0 radical (unpaired) electrons. The van der Waals surface area contributed by atoms with E-state index in [1.54, 1.807) is 0 Å². The molecule has 4 heteroatoms. The number of nitrogens with zero attached hydrogens (tertiary/aromatic N) is 2. The fourth-order valence-electron chi connectivity index (χ4n) is 1.96. The van der Waals surface area contributed by atoms with Gasteiger partial charge in [-0.25, -0.2) is 4.98 Å². The van der Waals surface area contributed by atoms with E-state index in [9.17, 15) is 0 Å². The number of anilines is 1. The van der Waals surface area contributed by atoms with Crippen LogP contribution in [0.3, 0.4) is 0 Å². The summed E-state index contributed by atoms with van der Waals surface area (Å²) in [6, 6.07) is 10.3. The molecule has 0 saturated heterocycles. The maximum absolute atomic E-state index is 5.92. The molecule has 3 nitrogen and oxygen atoms in total. The molecule has 0 atom stereocenters. The third-order valence-corrected chi connectivity index (χ3v) is 2.77. The monoisotopic (exact) mass is 265 g/mol. The quantitative estimate of drug-likeness (QED) is 0.923. The molecule has 1 aromatic heterocycles.